The number of aromatic carboxylic acids is 1. The number of hydrogen-bond acceptors (Lipinski definition) is 3. The van der Waals surface area contributed by atoms with Crippen LogP contribution < -0.4 is 5.32 Å². The van der Waals surface area contributed by atoms with Crippen LogP contribution in [0.3, 0.4) is 0 Å². The van der Waals surface area contributed by atoms with E-state index in [1.54, 1.807) is 24.3 Å². The Labute approximate surface area is 248 Å². The van der Waals surface area contributed by atoms with Gasteiger partial charge >= 0.3 is 5.97 Å². The van der Waals surface area contributed by atoms with Crippen molar-refractivity contribution in [3.8, 4) is 22.5 Å². The second-order valence-electron chi connectivity index (χ2n) is 10.3. The molecule has 0 saturated carbocycles. The standard InChI is InChI=1S/C35H28ClN3O3/c1-2-8-30(21-9-4-3-5-10-21)39-34(40)24-13-15-26(29(17-24)35(41)42)28-20-25(36)14-16-27(28)33-37-31-18-22-11-6-7-12-23(22)19-32(31)38-33/h3-7,9-20,30H,2,8H2,1H3,(H,37,38)(H,39,40)(H,41,42). The summed E-state index contributed by atoms with van der Waals surface area (Å²) in [6.45, 7) is 2.06. The fraction of sp³-hybridized carbons (Fsp3) is 0.114. The van der Waals surface area contributed by atoms with E-state index in [0.29, 0.717) is 27.5 Å². The quantitative estimate of drug-likeness (QED) is 0.170. The summed E-state index contributed by atoms with van der Waals surface area (Å²) < 4.78 is 0. The lowest BCUT2D eigenvalue weighted by molar-refractivity contribution is 0.0697. The molecule has 0 aliphatic heterocycles. The normalized spacial score (nSPS) is 12.0. The van der Waals surface area contributed by atoms with Gasteiger partial charge in [-0.1, -0.05) is 85.6 Å². The van der Waals surface area contributed by atoms with Crippen LogP contribution in [-0.2, 0) is 0 Å². The Morgan fingerprint density at radius 2 is 1.57 bits per heavy atom. The van der Waals surface area contributed by atoms with Gasteiger partial charge in [0.05, 0.1) is 22.6 Å². The van der Waals surface area contributed by atoms with Crippen molar-refractivity contribution in [1.29, 1.82) is 0 Å². The second kappa shape index (κ2) is 11.5. The predicted octanol–water partition coefficient (Wildman–Crippen LogP) is 8.67. The molecule has 6 aromatic rings. The van der Waals surface area contributed by atoms with Gasteiger partial charge in [0.25, 0.3) is 5.91 Å². The van der Waals surface area contributed by atoms with E-state index < -0.39 is 5.97 Å². The molecule has 1 unspecified atom stereocenters. The predicted molar refractivity (Wildman–Crippen MR) is 168 cm³/mol. The molecule has 1 amide bonds. The number of fused-ring (bicyclic) bond motifs is 2. The van der Waals surface area contributed by atoms with Crippen LogP contribution in [-0.4, -0.2) is 27.0 Å². The highest BCUT2D eigenvalue weighted by molar-refractivity contribution is 6.31. The second-order valence-corrected chi connectivity index (χ2v) is 10.7. The summed E-state index contributed by atoms with van der Waals surface area (Å²) in [5.74, 6) is -0.882. The van der Waals surface area contributed by atoms with Gasteiger partial charge in [-0.2, -0.15) is 0 Å². The largest absolute Gasteiger partial charge is 0.478 e. The van der Waals surface area contributed by atoms with Crippen molar-refractivity contribution in [3.05, 3.63) is 125 Å². The van der Waals surface area contributed by atoms with Gasteiger partial charge in [0.2, 0.25) is 0 Å². The molecule has 6 rings (SSSR count). The summed E-state index contributed by atoms with van der Waals surface area (Å²) in [5, 5.41) is 16.0. The lowest BCUT2D eigenvalue weighted by Crippen LogP contribution is -2.28. The van der Waals surface area contributed by atoms with Crippen molar-refractivity contribution in [2.75, 3.05) is 0 Å². The first kappa shape index (κ1) is 27.2. The third-order valence-corrected chi connectivity index (χ3v) is 7.71. The number of carboxylic acids is 1. The highest BCUT2D eigenvalue weighted by atomic mass is 35.5. The van der Waals surface area contributed by atoms with Gasteiger partial charge in [-0.25, -0.2) is 9.78 Å². The number of rotatable bonds is 8. The average molecular weight is 574 g/mol. The van der Waals surface area contributed by atoms with Crippen molar-refractivity contribution in [2.45, 2.75) is 25.8 Å². The number of carboxylic acid groups (broad SMARTS) is 1. The van der Waals surface area contributed by atoms with Crippen LogP contribution in [0.1, 0.15) is 52.1 Å². The van der Waals surface area contributed by atoms with Crippen molar-refractivity contribution in [3.63, 3.8) is 0 Å². The number of H-pyrrole nitrogens is 1. The average Bonchev–Trinajstić information content (AvgIpc) is 3.42. The fourth-order valence-corrected chi connectivity index (χ4v) is 5.58. The van der Waals surface area contributed by atoms with E-state index in [2.05, 4.69) is 17.2 Å². The van der Waals surface area contributed by atoms with E-state index in [0.717, 1.165) is 40.2 Å². The Morgan fingerprint density at radius 1 is 0.857 bits per heavy atom. The molecule has 0 saturated heterocycles. The van der Waals surface area contributed by atoms with Crippen LogP contribution in [0.2, 0.25) is 5.02 Å². The molecular weight excluding hydrogens is 546 g/mol. The number of halogens is 1. The topological polar surface area (TPSA) is 95.1 Å². The van der Waals surface area contributed by atoms with Crippen LogP contribution >= 0.6 is 11.6 Å². The molecule has 7 heteroatoms. The number of aromatic amines is 1. The van der Waals surface area contributed by atoms with Gasteiger partial charge in [0.15, 0.2) is 0 Å². The van der Waals surface area contributed by atoms with Crippen LogP contribution in [0.5, 0.6) is 0 Å². The Hall–Kier alpha value is -4.94. The zero-order valence-electron chi connectivity index (χ0n) is 22.9. The number of benzene rings is 5. The van der Waals surface area contributed by atoms with Gasteiger partial charge in [0.1, 0.15) is 5.82 Å². The number of amides is 1. The van der Waals surface area contributed by atoms with Gasteiger partial charge in [0, 0.05) is 16.1 Å². The lowest BCUT2D eigenvalue weighted by Gasteiger charge is -2.19. The van der Waals surface area contributed by atoms with Crippen molar-refractivity contribution in [2.24, 2.45) is 0 Å². The summed E-state index contributed by atoms with van der Waals surface area (Å²) in [6.07, 6.45) is 1.65. The first-order valence-electron chi connectivity index (χ1n) is 13.8. The minimum atomic E-state index is -1.14. The number of imidazole rings is 1. The molecule has 0 spiro atoms. The molecule has 1 aromatic heterocycles. The minimum absolute atomic E-state index is 0.000214. The number of nitrogens with one attached hydrogen (secondary N) is 2. The third-order valence-electron chi connectivity index (χ3n) is 7.47. The fourth-order valence-electron chi connectivity index (χ4n) is 5.41. The molecule has 6 nitrogen and oxygen atoms in total. The first-order valence-corrected chi connectivity index (χ1v) is 14.2. The summed E-state index contributed by atoms with van der Waals surface area (Å²) in [4.78, 5) is 34.1. The molecule has 42 heavy (non-hydrogen) atoms. The van der Waals surface area contributed by atoms with E-state index in [9.17, 15) is 14.7 Å². The molecular formula is C35H28ClN3O3. The van der Waals surface area contributed by atoms with Crippen LogP contribution in [0, 0.1) is 0 Å². The third kappa shape index (κ3) is 5.37. The lowest BCUT2D eigenvalue weighted by atomic mass is 9.93. The first-order chi connectivity index (χ1) is 20.4. The molecule has 0 fully saturated rings. The maximum absolute atomic E-state index is 13.3. The summed E-state index contributed by atoms with van der Waals surface area (Å²) in [6, 6.07) is 31.8. The van der Waals surface area contributed by atoms with Gasteiger partial charge < -0.3 is 15.4 Å². The molecule has 0 bridgehead atoms. The van der Waals surface area contributed by atoms with E-state index in [-0.39, 0.29) is 23.1 Å². The van der Waals surface area contributed by atoms with Crippen LogP contribution in [0.15, 0.2) is 103 Å². The minimum Gasteiger partial charge on any atom is -0.478 e. The van der Waals surface area contributed by atoms with Crippen molar-refractivity contribution < 1.29 is 14.7 Å². The number of carbonyl (C=O) groups is 2. The molecule has 0 aliphatic rings. The van der Waals surface area contributed by atoms with E-state index in [4.69, 9.17) is 16.6 Å². The van der Waals surface area contributed by atoms with Crippen LogP contribution in [0.25, 0.3) is 44.3 Å². The van der Waals surface area contributed by atoms with E-state index >= 15 is 0 Å². The zero-order chi connectivity index (χ0) is 29.2. The number of hydrogen-bond donors (Lipinski definition) is 3. The number of carbonyl (C=O) groups excluding carboxylic acids is 1. The summed E-state index contributed by atoms with van der Waals surface area (Å²) >= 11 is 6.42. The molecule has 0 radical (unpaired) electrons. The Morgan fingerprint density at radius 3 is 2.31 bits per heavy atom. The number of nitrogens with zero attached hydrogens (tertiary/aromatic N) is 1. The Balaban J connectivity index is 1.40. The maximum Gasteiger partial charge on any atom is 0.336 e. The highest BCUT2D eigenvalue weighted by Gasteiger charge is 2.21. The van der Waals surface area contributed by atoms with Gasteiger partial charge in [-0.15, -0.1) is 0 Å². The van der Waals surface area contributed by atoms with Gasteiger partial charge in [-0.3, -0.25) is 4.79 Å². The molecule has 3 N–H and O–H groups in total. The molecule has 0 aliphatic carbocycles. The Kier molecular flexibility index (Phi) is 7.46. The van der Waals surface area contributed by atoms with E-state index in [1.165, 1.54) is 6.07 Å². The monoisotopic (exact) mass is 573 g/mol. The summed E-state index contributed by atoms with van der Waals surface area (Å²) in [5.41, 5.74) is 4.69. The zero-order valence-corrected chi connectivity index (χ0v) is 23.7. The van der Waals surface area contributed by atoms with Crippen molar-refractivity contribution in [1.82, 2.24) is 15.3 Å². The van der Waals surface area contributed by atoms with Crippen molar-refractivity contribution >= 4 is 45.3 Å². The molecule has 5 aromatic carbocycles. The smallest absolute Gasteiger partial charge is 0.336 e. The van der Waals surface area contributed by atoms with Gasteiger partial charge in [-0.05, 0) is 76.3 Å². The molecule has 208 valence electrons. The highest BCUT2D eigenvalue weighted by Crippen LogP contribution is 2.37. The SMILES string of the molecule is CCCC(NC(=O)c1ccc(-c2cc(Cl)ccc2-c2nc3cc4ccccc4cc3[nH]2)c(C(=O)O)c1)c1ccccc1. The maximum atomic E-state index is 13.3. The summed E-state index contributed by atoms with van der Waals surface area (Å²) in [7, 11) is 0. The number of aromatic nitrogens is 2. The molecule has 1 heterocycles. The van der Waals surface area contributed by atoms with Crippen LogP contribution in [0.4, 0.5) is 0 Å². The Bertz CT molecular complexity index is 1900. The van der Waals surface area contributed by atoms with E-state index in [1.807, 2.05) is 72.8 Å². The molecule has 1 atom stereocenters.